The predicted octanol–water partition coefficient (Wildman–Crippen LogP) is 3.76. The number of H-pyrrole nitrogens is 1. The first-order valence-corrected chi connectivity index (χ1v) is 12.8. The van der Waals surface area contributed by atoms with Crippen LogP contribution >= 0.6 is 0 Å². The number of carbonyl (C=O) groups is 1. The van der Waals surface area contributed by atoms with Gasteiger partial charge in [0.15, 0.2) is 11.5 Å². The number of fused-ring (bicyclic) bond motifs is 1. The van der Waals surface area contributed by atoms with E-state index in [0.29, 0.717) is 30.3 Å². The maximum Gasteiger partial charge on any atom is 0.273 e. The molecule has 196 valence electrons. The highest BCUT2D eigenvalue weighted by atomic mass is 16.5. The van der Waals surface area contributed by atoms with E-state index >= 15 is 0 Å². The van der Waals surface area contributed by atoms with E-state index in [2.05, 4.69) is 22.0 Å². The Morgan fingerprint density at radius 1 is 1.03 bits per heavy atom. The zero-order chi connectivity index (χ0) is 25.8. The minimum absolute atomic E-state index is 0.0502. The number of aromatic nitrogens is 2. The largest absolute Gasteiger partial charge is 0.497 e. The number of carbonyl (C=O) groups excluding carboxylic acids is 1. The fourth-order valence-electron chi connectivity index (χ4n) is 5.00. The second-order valence-electron chi connectivity index (χ2n) is 9.20. The van der Waals surface area contributed by atoms with Crippen LogP contribution < -0.4 is 14.2 Å². The van der Waals surface area contributed by atoms with Gasteiger partial charge in [-0.2, -0.15) is 5.10 Å². The van der Waals surface area contributed by atoms with Crippen LogP contribution in [0, 0.1) is 0 Å². The monoisotopic (exact) mass is 506 g/mol. The third kappa shape index (κ3) is 5.01. The van der Waals surface area contributed by atoms with Crippen molar-refractivity contribution in [2.45, 2.75) is 19.4 Å². The Morgan fingerprint density at radius 2 is 1.81 bits per heavy atom. The molecule has 0 spiro atoms. The Morgan fingerprint density at radius 3 is 2.51 bits per heavy atom. The van der Waals surface area contributed by atoms with Crippen LogP contribution in [0.5, 0.6) is 17.2 Å². The Labute approximate surface area is 217 Å². The first kappa shape index (κ1) is 25.1. The van der Waals surface area contributed by atoms with Crippen molar-refractivity contribution in [1.29, 1.82) is 0 Å². The molecule has 2 aliphatic rings. The summed E-state index contributed by atoms with van der Waals surface area (Å²) in [7, 11) is 3.28. The van der Waals surface area contributed by atoms with E-state index in [4.69, 9.17) is 18.9 Å². The number of nitrogens with zero attached hydrogens (tertiary/aromatic N) is 3. The van der Waals surface area contributed by atoms with Crippen molar-refractivity contribution in [3.05, 3.63) is 59.3 Å². The van der Waals surface area contributed by atoms with Crippen LogP contribution in [0.2, 0.25) is 0 Å². The first-order valence-electron chi connectivity index (χ1n) is 12.8. The smallest absolute Gasteiger partial charge is 0.273 e. The lowest BCUT2D eigenvalue weighted by Crippen LogP contribution is -2.42. The van der Waals surface area contributed by atoms with Crippen LogP contribution in [-0.4, -0.2) is 86.1 Å². The highest BCUT2D eigenvalue weighted by Gasteiger charge is 2.42. The Hall–Kier alpha value is -3.56. The molecular formula is C28H34N4O5. The molecule has 0 aliphatic carbocycles. The van der Waals surface area contributed by atoms with Crippen molar-refractivity contribution in [2.75, 3.05) is 60.2 Å². The van der Waals surface area contributed by atoms with Gasteiger partial charge in [0.25, 0.3) is 5.91 Å². The molecule has 1 amide bonds. The van der Waals surface area contributed by atoms with Gasteiger partial charge >= 0.3 is 0 Å². The van der Waals surface area contributed by atoms with Crippen molar-refractivity contribution in [3.63, 3.8) is 0 Å². The normalized spacial score (nSPS) is 17.6. The van der Waals surface area contributed by atoms with Crippen molar-refractivity contribution in [1.82, 2.24) is 20.0 Å². The van der Waals surface area contributed by atoms with E-state index < -0.39 is 0 Å². The van der Waals surface area contributed by atoms with Crippen LogP contribution in [-0.2, 0) is 4.74 Å². The van der Waals surface area contributed by atoms with Gasteiger partial charge in [-0.15, -0.1) is 0 Å². The van der Waals surface area contributed by atoms with Gasteiger partial charge in [0.1, 0.15) is 11.4 Å². The number of aromatic amines is 1. The summed E-state index contributed by atoms with van der Waals surface area (Å²) in [6.45, 7) is 7.22. The summed E-state index contributed by atoms with van der Waals surface area (Å²) in [4.78, 5) is 18.0. The zero-order valence-electron chi connectivity index (χ0n) is 21.7. The lowest BCUT2D eigenvalue weighted by Gasteiger charge is -2.31. The number of morpholine rings is 1. The molecule has 3 heterocycles. The average molecular weight is 507 g/mol. The average Bonchev–Trinajstić information content (AvgIpc) is 3.49. The van der Waals surface area contributed by atoms with Gasteiger partial charge in [0.2, 0.25) is 0 Å². The number of benzene rings is 2. The lowest BCUT2D eigenvalue weighted by molar-refractivity contribution is 0.0316. The summed E-state index contributed by atoms with van der Waals surface area (Å²) in [5.74, 6) is 2.06. The zero-order valence-corrected chi connectivity index (χ0v) is 21.7. The number of nitrogens with one attached hydrogen (secondary N) is 1. The molecule has 0 saturated carbocycles. The summed E-state index contributed by atoms with van der Waals surface area (Å²) >= 11 is 0. The second-order valence-corrected chi connectivity index (χ2v) is 9.20. The molecule has 1 N–H and O–H groups in total. The molecule has 1 fully saturated rings. The van der Waals surface area contributed by atoms with Crippen LogP contribution in [0.25, 0.3) is 11.3 Å². The molecule has 9 heteroatoms. The van der Waals surface area contributed by atoms with Crippen LogP contribution in [0.4, 0.5) is 0 Å². The van der Waals surface area contributed by atoms with Gasteiger partial charge in [-0.25, -0.2) is 0 Å². The van der Waals surface area contributed by atoms with Gasteiger partial charge in [0.05, 0.1) is 45.8 Å². The molecule has 1 atom stereocenters. The fourth-order valence-corrected chi connectivity index (χ4v) is 5.00. The van der Waals surface area contributed by atoms with Crippen LogP contribution in [0.15, 0.2) is 42.5 Å². The maximum atomic E-state index is 13.7. The van der Waals surface area contributed by atoms with E-state index in [1.165, 1.54) is 0 Å². The highest BCUT2D eigenvalue weighted by Crippen LogP contribution is 2.44. The number of rotatable bonds is 10. The van der Waals surface area contributed by atoms with Crippen LogP contribution in [0.1, 0.15) is 41.0 Å². The van der Waals surface area contributed by atoms with E-state index in [0.717, 1.165) is 67.4 Å². The summed E-state index contributed by atoms with van der Waals surface area (Å²) in [6.07, 6.45) is 0.904. The van der Waals surface area contributed by atoms with Gasteiger partial charge in [-0.1, -0.05) is 13.0 Å². The second kappa shape index (κ2) is 11.2. The highest BCUT2D eigenvalue weighted by molar-refractivity contribution is 6.00. The molecule has 1 unspecified atom stereocenters. The molecule has 1 saturated heterocycles. The number of ether oxygens (including phenoxy) is 4. The van der Waals surface area contributed by atoms with Crippen molar-refractivity contribution < 1.29 is 23.7 Å². The Balaban J connectivity index is 1.54. The third-order valence-corrected chi connectivity index (χ3v) is 6.95. The molecule has 5 rings (SSSR count). The molecule has 2 aromatic carbocycles. The molecule has 0 bridgehead atoms. The van der Waals surface area contributed by atoms with E-state index in [-0.39, 0.29) is 11.9 Å². The van der Waals surface area contributed by atoms with Crippen molar-refractivity contribution in [2.24, 2.45) is 0 Å². The molecule has 3 aromatic rings. The van der Waals surface area contributed by atoms with Crippen LogP contribution in [0.3, 0.4) is 0 Å². The Kier molecular flexibility index (Phi) is 7.62. The molecule has 37 heavy (non-hydrogen) atoms. The predicted molar refractivity (Wildman–Crippen MR) is 139 cm³/mol. The third-order valence-electron chi connectivity index (χ3n) is 6.95. The van der Waals surface area contributed by atoms with Crippen molar-refractivity contribution >= 4 is 5.91 Å². The molecule has 2 aliphatic heterocycles. The lowest BCUT2D eigenvalue weighted by atomic mass is 9.95. The maximum absolute atomic E-state index is 13.7. The number of hydrogen-bond acceptors (Lipinski definition) is 7. The fraction of sp³-hybridized carbons (Fsp3) is 0.429. The number of amides is 1. The van der Waals surface area contributed by atoms with Gasteiger partial charge in [-0.05, 0) is 48.4 Å². The Bertz CT molecular complexity index is 1220. The number of methoxy groups -OCH3 is 2. The molecule has 1 aromatic heterocycles. The minimum Gasteiger partial charge on any atom is -0.497 e. The summed E-state index contributed by atoms with van der Waals surface area (Å²) < 4.78 is 22.4. The van der Waals surface area contributed by atoms with Gasteiger partial charge < -0.3 is 23.8 Å². The standard InChI is InChI=1S/C28H34N4O5/c1-4-15-37-22-10-7-20(18-23(22)35-3)27-24-25(19-5-8-21(34-2)9-6-19)29-30-26(24)28(33)32(27)12-11-31-13-16-36-17-14-31/h5-10,18,27H,4,11-17H2,1-3H3,(H,29,30). The van der Waals surface area contributed by atoms with E-state index in [9.17, 15) is 4.79 Å². The molecular weight excluding hydrogens is 472 g/mol. The van der Waals surface area contributed by atoms with E-state index in [1.807, 2.05) is 47.4 Å². The first-order chi connectivity index (χ1) is 18.1. The summed E-state index contributed by atoms with van der Waals surface area (Å²) in [6, 6.07) is 13.4. The number of hydrogen-bond donors (Lipinski definition) is 1. The SMILES string of the molecule is CCCOc1ccc(C2c3c(-c4ccc(OC)cc4)n[nH]c3C(=O)N2CCN2CCOCC2)cc1OC. The summed E-state index contributed by atoms with van der Waals surface area (Å²) in [5, 5.41) is 7.62. The minimum atomic E-state index is -0.312. The quantitative estimate of drug-likeness (QED) is 0.448. The van der Waals surface area contributed by atoms with E-state index in [1.54, 1.807) is 14.2 Å². The summed E-state index contributed by atoms with van der Waals surface area (Å²) in [5.41, 5.74) is 4.03. The molecule has 0 radical (unpaired) electrons. The van der Waals surface area contributed by atoms with Crippen molar-refractivity contribution in [3.8, 4) is 28.5 Å². The topological polar surface area (TPSA) is 89.2 Å². The molecule has 9 nitrogen and oxygen atoms in total. The van der Waals surface area contributed by atoms with Gasteiger partial charge in [-0.3, -0.25) is 14.8 Å². The van der Waals surface area contributed by atoms with Gasteiger partial charge in [0, 0.05) is 37.3 Å².